The number of nitrogens with zero attached hydrogens (tertiary/aromatic N) is 2. The third-order valence-corrected chi connectivity index (χ3v) is 7.67. The van der Waals surface area contributed by atoms with Crippen LogP contribution in [0.1, 0.15) is 66.8 Å². The van der Waals surface area contributed by atoms with Gasteiger partial charge < -0.3 is 4.52 Å². The Kier molecular flexibility index (Phi) is 4.65. The number of aryl methyl sites for hydroxylation is 4. The van der Waals surface area contributed by atoms with E-state index in [4.69, 9.17) is 4.52 Å². The average molecular weight is 375 g/mol. The van der Waals surface area contributed by atoms with Gasteiger partial charge in [0.2, 0.25) is 10.0 Å². The van der Waals surface area contributed by atoms with Crippen LogP contribution in [0.3, 0.4) is 0 Å². The van der Waals surface area contributed by atoms with Crippen LogP contribution < -0.4 is 0 Å². The Labute approximate surface area is 155 Å². The molecule has 0 bridgehead atoms. The molecule has 4 rings (SSSR count). The first-order valence-electron chi connectivity index (χ1n) is 9.61. The zero-order chi connectivity index (χ0) is 18.3. The summed E-state index contributed by atoms with van der Waals surface area (Å²) >= 11 is 0. The molecule has 1 aliphatic heterocycles. The van der Waals surface area contributed by atoms with Crippen LogP contribution in [0.25, 0.3) is 0 Å². The van der Waals surface area contributed by atoms with Crippen LogP contribution in [0.2, 0.25) is 0 Å². The molecule has 0 N–H and O–H groups in total. The summed E-state index contributed by atoms with van der Waals surface area (Å²) < 4.78 is 33.9. The van der Waals surface area contributed by atoms with Gasteiger partial charge in [0.1, 0.15) is 5.76 Å². The maximum atomic E-state index is 13.4. The minimum atomic E-state index is -3.53. The average Bonchev–Trinajstić information content (AvgIpc) is 3.27. The van der Waals surface area contributed by atoms with Crippen molar-refractivity contribution in [1.29, 1.82) is 0 Å². The van der Waals surface area contributed by atoms with Crippen LogP contribution in [-0.2, 0) is 29.3 Å². The van der Waals surface area contributed by atoms with E-state index in [0.29, 0.717) is 11.4 Å². The van der Waals surface area contributed by atoms with Crippen LogP contribution in [-0.4, -0.2) is 24.4 Å². The van der Waals surface area contributed by atoms with Crippen molar-refractivity contribution >= 4 is 10.0 Å². The molecule has 1 fully saturated rings. The molecule has 0 radical (unpaired) electrons. The van der Waals surface area contributed by atoms with E-state index in [9.17, 15) is 8.42 Å². The fraction of sp³-hybridized carbons (Fsp3) is 0.550. The van der Waals surface area contributed by atoms with Crippen LogP contribution >= 0.6 is 0 Å². The summed E-state index contributed by atoms with van der Waals surface area (Å²) in [5, 5.41) is 4.08. The van der Waals surface area contributed by atoms with Gasteiger partial charge in [0.05, 0.1) is 16.6 Å². The number of sulfonamides is 1. The zero-order valence-corrected chi connectivity index (χ0v) is 16.3. The number of aromatic nitrogens is 1. The first-order chi connectivity index (χ1) is 12.5. The van der Waals surface area contributed by atoms with Gasteiger partial charge in [0, 0.05) is 18.5 Å². The molecule has 0 spiro atoms. The molecule has 6 heteroatoms. The van der Waals surface area contributed by atoms with Crippen molar-refractivity contribution < 1.29 is 12.9 Å². The van der Waals surface area contributed by atoms with E-state index in [2.05, 4.69) is 5.16 Å². The molecule has 26 heavy (non-hydrogen) atoms. The predicted octanol–water partition coefficient (Wildman–Crippen LogP) is 3.95. The van der Waals surface area contributed by atoms with E-state index in [0.717, 1.165) is 55.5 Å². The van der Waals surface area contributed by atoms with Crippen LogP contribution in [0.5, 0.6) is 0 Å². The molecule has 1 aromatic carbocycles. The van der Waals surface area contributed by atoms with Gasteiger partial charge in [0.15, 0.2) is 0 Å². The molecule has 1 saturated heterocycles. The number of benzene rings is 1. The Morgan fingerprint density at radius 3 is 2.73 bits per heavy atom. The highest BCUT2D eigenvalue weighted by Gasteiger charge is 2.39. The standard InChI is InChI=1S/C20H26N2O3S/c1-3-19-20(14(2)21-25-19)18-9-6-12-22(18)26(23,24)17-11-10-15-7-4-5-8-16(15)13-17/h10-11,13,18H,3-9,12H2,1-2H3/t18-/m1/s1. The highest BCUT2D eigenvalue weighted by atomic mass is 32.2. The lowest BCUT2D eigenvalue weighted by Crippen LogP contribution is -2.31. The van der Waals surface area contributed by atoms with Crippen molar-refractivity contribution in [3.8, 4) is 0 Å². The molecule has 0 amide bonds. The lowest BCUT2D eigenvalue weighted by atomic mass is 9.92. The fourth-order valence-electron chi connectivity index (χ4n) is 4.43. The lowest BCUT2D eigenvalue weighted by Gasteiger charge is -2.25. The van der Waals surface area contributed by atoms with Gasteiger partial charge in [-0.25, -0.2) is 8.42 Å². The second kappa shape index (κ2) is 6.82. The molecule has 1 aliphatic carbocycles. The molecule has 140 valence electrons. The van der Waals surface area contributed by atoms with Crippen LogP contribution in [0.15, 0.2) is 27.6 Å². The van der Waals surface area contributed by atoms with Gasteiger partial charge in [-0.05, 0) is 68.7 Å². The highest BCUT2D eigenvalue weighted by molar-refractivity contribution is 7.89. The molecule has 1 atom stereocenters. The van der Waals surface area contributed by atoms with Crippen molar-refractivity contribution in [3.05, 3.63) is 46.3 Å². The Bertz CT molecular complexity index is 917. The van der Waals surface area contributed by atoms with Crippen molar-refractivity contribution in [2.75, 3.05) is 6.54 Å². The molecule has 5 nitrogen and oxygen atoms in total. The van der Waals surface area contributed by atoms with Gasteiger partial charge in [-0.15, -0.1) is 0 Å². The SMILES string of the molecule is CCc1onc(C)c1[C@H]1CCCN1S(=O)(=O)c1ccc2c(c1)CCCC2. The maximum absolute atomic E-state index is 13.4. The molecule has 2 aromatic rings. The van der Waals surface area contributed by atoms with E-state index >= 15 is 0 Å². The van der Waals surface area contributed by atoms with Gasteiger partial charge >= 0.3 is 0 Å². The van der Waals surface area contributed by atoms with Crippen molar-refractivity contribution in [3.63, 3.8) is 0 Å². The number of rotatable bonds is 4. The largest absolute Gasteiger partial charge is 0.361 e. The predicted molar refractivity (Wildman–Crippen MR) is 99.6 cm³/mol. The zero-order valence-electron chi connectivity index (χ0n) is 15.5. The third kappa shape index (κ3) is 2.89. The Morgan fingerprint density at radius 1 is 1.19 bits per heavy atom. The molecule has 0 unspecified atom stereocenters. The summed E-state index contributed by atoms with van der Waals surface area (Å²) in [5.74, 6) is 0.806. The normalized spacial score (nSPS) is 21.1. The first kappa shape index (κ1) is 17.7. The second-order valence-electron chi connectivity index (χ2n) is 7.37. The van der Waals surface area contributed by atoms with E-state index < -0.39 is 10.0 Å². The van der Waals surface area contributed by atoms with Gasteiger partial charge in [-0.1, -0.05) is 18.1 Å². The van der Waals surface area contributed by atoms with E-state index in [1.807, 2.05) is 26.0 Å². The molecular weight excluding hydrogens is 348 g/mol. The monoisotopic (exact) mass is 374 g/mol. The first-order valence-corrected chi connectivity index (χ1v) is 11.0. The van der Waals surface area contributed by atoms with Crippen molar-refractivity contribution in [2.45, 2.75) is 69.7 Å². The van der Waals surface area contributed by atoms with Gasteiger partial charge in [-0.2, -0.15) is 4.31 Å². The summed E-state index contributed by atoms with van der Waals surface area (Å²) in [7, 11) is -3.53. The van der Waals surface area contributed by atoms with Crippen molar-refractivity contribution in [2.24, 2.45) is 0 Å². The summed E-state index contributed by atoms with van der Waals surface area (Å²) in [6.45, 7) is 4.47. The van der Waals surface area contributed by atoms with Crippen molar-refractivity contribution in [1.82, 2.24) is 9.46 Å². The maximum Gasteiger partial charge on any atom is 0.243 e. The molecule has 2 heterocycles. The number of hydrogen-bond donors (Lipinski definition) is 0. The van der Waals surface area contributed by atoms with Crippen LogP contribution in [0.4, 0.5) is 0 Å². The molecular formula is C20H26N2O3S. The Morgan fingerprint density at radius 2 is 1.96 bits per heavy atom. The minimum Gasteiger partial charge on any atom is -0.361 e. The molecule has 0 saturated carbocycles. The van der Waals surface area contributed by atoms with Crippen LogP contribution in [0, 0.1) is 6.92 Å². The molecule has 2 aliphatic rings. The summed E-state index contributed by atoms with van der Waals surface area (Å²) in [6, 6.07) is 5.53. The van der Waals surface area contributed by atoms with Gasteiger partial charge in [-0.3, -0.25) is 0 Å². The third-order valence-electron chi connectivity index (χ3n) is 5.77. The summed E-state index contributed by atoms with van der Waals surface area (Å²) in [6.07, 6.45) is 6.78. The van der Waals surface area contributed by atoms with E-state index in [1.54, 1.807) is 10.4 Å². The number of fused-ring (bicyclic) bond motifs is 1. The van der Waals surface area contributed by atoms with E-state index in [-0.39, 0.29) is 6.04 Å². The summed E-state index contributed by atoms with van der Waals surface area (Å²) in [4.78, 5) is 0.428. The fourth-order valence-corrected chi connectivity index (χ4v) is 6.14. The highest BCUT2D eigenvalue weighted by Crippen LogP contribution is 2.40. The van der Waals surface area contributed by atoms with E-state index in [1.165, 1.54) is 17.5 Å². The second-order valence-corrected chi connectivity index (χ2v) is 9.26. The Hall–Kier alpha value is -1.66. The quantitative estimate of drug-likeness (QED) is 0.813. The molecule has 1 aromatic heterocycles. The summed E-state index contributed by atoms with van der Waals surface area (Å²) in [5.41, 5.74) is 4.27. The minimum absolute atomic E-state index is 0.169. The van der Waals surface area contributed by atoms with Gasteiger partial charge in [0.25, 0.3) is 0 Å². The Balaban J connectivity index is 1.72. The topological polar surface area (TPSA) is 63.4 Å². The lowest BCUT2D eigenvalue weighted by molar-refractivity contribution is 0.368. The number of hydrogen-bond acceptors (Lipinski definition) is 4. The smallest absolute Gasteiger partial charge is 0.243 e.